The molecule has 1 aliphatic rings. The third-order valence-corrected chi connectivity index (χ3v) is 9.35. The molecule has 0 saturated heterocycles. The smallest absolute Gasteiger partial charge is 0.187 e. The zero-order valence-corrected chi connectivity index (χ0v) is 26.3. The van der Waals surface area contributed by atoms with Gasteiger partial charge < -0.3 is 0 Å². The van der Waals surface area contributed by atoms with Gasteiger partial charge in [0.1, 0.15) is 0 Å². The highest BCUT2D eigenvalue weighted by atomic mass is 14.9. The van der Waals surface area contributed by atoms with Crippen LogP contribution in [0.5, 0.6) is 0 Å². The van der Waals surface area contributed by atoms with Crippen molar-refractivity contribution >= 4 is 5.69 Å². The average molecular weight is 602 g/mol. The van der Waals surface area contributed by atoms with Gasteiger partial charge in [0.2, 0.25) is 0 Å². The molecule has 6 aromatic carbocycles. The highest BCUT2D eigenvalue weighted by molar-refractivity contribution is 5.86. The fourth-order valence-corrected chi connectivity index (χ4v) is 6.75. The summed E-state index contributed by atoms with van der Waals surface area (Å²) in [6, 6.07) is 52.8. The Hall–Kier alpha value is -6.11. The van der Waals surface area contributed by atoms with Crippen molar-refractivity contribution < 1.29 is 0 Å². The van der Waals surface area contributed by atoms with Gasteiger partial charge in [-0.15, -0.1) is 0 Å². The van der Waals surface area contributed by atoms with E-state index in [1.807, 2.05) is 36.4 Å². The highest BCUT2D eigenvalue weighted by Gasteiger charge is 2.35. The van der Waals surface area contributed by atoms with E-state index in [4.69, 9.17) is 16.5 Å². The van der Waals surface area contributed by atoms with Crippen molar-refractivity contribution in [1.82, 2.24) is 9.97 Å². The minimum Gasteiger partial charge on any atom is -0.238 e. The van der Waals surface area contributed by atoms with E-state index in [0.717, 1.165) is 33.6 Å². The van der Waals surface area contributed by atoms with E-state index in [1.165, 1.54) is 38.9 Å². The van der Waals surface area contributed by atoms with E-state index in [-0.39, 0.29) is 5.41 Å². The summed E-state index contributed by atoms with van der Waals surface area (Å²) in [5.74, 6) is 0.705. The molecule has 3 heteroatoms. The number of benzene rings is 6. The largest absolute Gasteiger partial charge is 0.238 e. The molecule has 0 spiro atoms. The fourth-order valence-electron chi connectivity index (χ4n) is 6.75. The summed E-state index contributed by atoms with van der Waals surface area (Å²) in [6.45, 7) is 12.0. The number of nitrogens with zero attached hydrogens (tertiary/aromatic N) is 3. The maximum absolute atomic E-state index is 7.48. The van der Waals surface area contributed by atoms with Crippen molar-refractivity contribution in [2.24, 2.45) is 0 Å². The molecule has 0 atom stereocenters. The molecule has 0 amide bonds. The molecule has 0 unspecified atom stereocenters. The predicted octanol–water partition coefficient (Wildman–Crippen LogP) is 11.7. The van der Waals surface area contributed by atoms with Crippen molar-refractivity contribution in [3.63, 3.8) is 0 Å². The lowest BCUT2D eigenvalue weighted by atomic mass is 9.81. The van der Waals surface area contributed by atoms with Crippen LogP contribution in [0.4, 0.5) is 5.69 Å². The van der Waals surface area contributed by atoms with E-state index < -0.39 is 0 Å². The summed E-state index contributed by atoms with van der Waals surface area (Å²) in [5, 5.41) is 0. The van der Waals surface area contributed by atoms with Gasteiger partial charge in [-0.2, -0.15) is 0 Å². The van der Waals surface area contributed by atoms with E-state index in [2.05, 4.69) is 134 Å². The molecule has 0 N–H and O–H groups in total. The molecule has 222 valence electrons. The molecule has 3 nitrogen and oxygen atoms in total. The molecule has 1 aliphatic carbocycles. The first-order chi connectivity index (χ1) is 23.0. The highest BCUT2D eigenvalue weighted by Crippen LogP contribution is 2.50. The standard InChI is InChI=1S/C44H31N3/c1-44(2)39-25-23-36(45-3)27-38(39)37-24-22-35(26-40(37)44)31-16-20-33(21-17-31)42-28-41(46-43(47-42)34-12-8-5-9-13-34)32-18-14-30(15-19-32)29-10-6-4-7-11-29/h4-28H,1-2H3. The lowest BCUT2D eigenvalue weighted by Crippen LogP contribution is -2.14. The van der Waals surface area contributed by atoms with Gasteiger partial charge in [-0.05, 0) is 62.7 Å². The van der Waals surface area contributed by atoms with Crippen LogP contribution in [-0.2, 0) is 5.41 Å². The van der Waals surface area contributed by atoms with Crippen molar-refractivity contribution in [3.05, 3.63) is 174 Å². The van der Waals surface area contributed by atoms with Gasteiger partial charge in [0.25, 0.3) is 0 Å². The Bertz CT molecular complexity index is 2300. The summed E-state index contributed by atoms with van der Waals surface area (Å²) in [4.78, 5) is 13.7. The van der Waals surface area contributed by atoms with Crippen molar-refractivity contribution in [2.45, 2.75) is 19.3 Å². The van der Waals surface area contributed by atoms with Crippen LogP contribution < -0.4 is 0 Å². The van der Waals surface area contributed by atoms with Crippen LogP contribution >= 0.6 is 0 Å². The first-order valence-corrected chi connectivity index (χ1v) is 15.9. The first-order valence-electron chi connectivity index (χ1n) is 15.9. The molecule has 0 fully saturated rings. The minimum absolute atomic E-state index is 0.133. The molecule has 0 radical (unpaired) electrons. The van der Waals surface area contributed by atoms with Gasteiger partial charge in [0.15, 0.2) is 11.5 Å². The third-order valence-electron chi connectivity index (χ3n) is 9.35. The zero-order chi connectivity index (χ0) is 32.0. The Kier molecular flexibility index (Phi) is 6.85. The van der Waals surface area contributed by atoms with Crippen LogP contribution in [-0.4, -0.2) is 9.97 Å². The van der Waals surface area contributed by atoms with E-state index in [9.17, 15) is 0 Å². The summed E-state index contributed by atoms with van der Waals surface area (Å²) >= 11 is 0. The van der Waals surface area contributed by atoms with E-state index in [1.54, 1.807) is 0 Å². The summed E-state index contributed by atoms with van der Waals surface area (Å²) in [7, 11) is 0. The normalized spacial score (nSPS) is 12.6. The Balaban J connectivity index is 1.15. The maximum atomic E-state index is 7.48. The number of hydrogen-bond donors (Lipinski definition) is 0. The van der Waals surface area contributed by atoms with Gasteiger partial charge >= 0.3 is 0 Å². The van der Waals surface area contributed by atoms with Crippen molar-refractivity contribution in [1.29, 1.82) is 0 Å². The van der Waals surface area contributed by atoms with Crippen LogP contribution in [0.3, 0.4) is 0 Å². The Morgan fingerprint density at radius 2 is 0.957 bits per heavy atom. The molecule has 1 aromatic heterocycles. The molecule has 0 bridgehead atoms. The van der Waals surface area contributed by atoms with Gasteiger partial charge in [-0.3, -0.25) is 0 Å². The average Bonchev–Trinajstić information content (AvgIpc) is 3.37. The SMILES string of the molecule is [C-]#[N+]c1ccc2c(c1)-c1ccc(-c3ccc(-c4cc(-c5ccc(-c6ccccc6)cc5)nc(-c5ccccc5)n4)cc3)cc1C2(C)C. The van der Waals surface area contributed by atoms with E-state index >= 15 is 0 Å². The molecular formula is C44H31N3. The van der Waals surface area contributed by atoms with Crippen LogP contribution in [0.25, 0.3) is 72.1 Å². The molecule has 8 rings (SSSR count). The number of hydrogen-bond acceptors (Lipinski definition) is 2. The number of rotatable bonds is 5. The Morgan fingerprint density at radius 3 is 1.55 bits per heavy atom. The van der Waals surface area contributed by atoms with Crippen LogP contribution in [0.15, 0.2) is 152 Å². The van der Waals surface area contributed by atoms with Crippen LogP contribution in [0.2, 0.25) is 0 Å². The predicted molar refractivity (Wildman–Crippen MR) is 193 cm³/mol. The second-order valence-electron chi connectivity index (χ2n) is 12.6. The van der Waals surface area contributed by atoms with Crippen LogP contribution in [0.1, 0.15) is 25.0 Å². The topological polar surface area (TPSA) is 30.1 Å². The number of fused-ring (bicyclic) bond motifs is 3. The first kappa shape index (κ1) is 28.4. The summed E-state index contributed by atoms with van der Waals surface area (Å²) in [6.07, 6.45) is 0. The molecule has 0 aliphatic heterocycles. The lowest BCUT2D eigenvalue weighted by molar-refractivity contribution is 0.661. The van der Waals surface area contributed by atoms with Gasteiger partial charge in [0, 0.05) is 22.1 Å². The van der Waals surface area contributed by atoms with Gasteiger partial charge in [-0.1, -0.05) is 147 Å². The third kappa shape index (κ3) is 5.11. The van der Waals surface area contributed by atoms with Crippen molar-refractivity contribution in [2.75, 3.05) is 0 Å². The van der Waals surface area contributed by atoms with E-state index in [0.29, 0.717) is 11.5 Å². The summed E-state index contributed by atoms with van der Waals surface area (Å²) < 4.78 is 0. The number of aromatic nitrogens is 2. The second-order valence-corrected chi connectivity index (χ2v) is 12.6. The Morgan fingerprint density at radius 1 is 0.447 bits per heavy atom. The van der Waals surface area contributed by atoms with Crippen molar-refractivity contribution in [3.8, 4) is 67.3 Å². The maximum Gasteiger partial charge on any atom is 0.187 e. The minimum atomic E-state index is -0.133. The molecule has 1 heterocycles. The van der Waals surface area contributed by atoms with Crippen LogP contribution in [0, 0.1) is 6.57 Å². The summed E-state index contributed by atoms with van der Waals surface area (Å²) in [5.41, 5.74) is 15.0. The quantitative estimate of drug-likeness (QED) is 0.184. The molecule has 0 saturated carbocycles. The Labute approximate surface area is 275 Å². The van der Waals surface area contributed by atoms with Gasteiger partial charge in [0.05, 0.1) is 18.0 Å². The molecule has 47 heavy (non-hydrogen) atoms. The van der Waals surface area contributed by atoms with Gasteiger partial charge in [-0.25, -0.2) is 14.8 Å². The molecular weight excluding hydrogens is 571 g/mol. The second kappa shape index (κ2) is 11.4. The zero-order valence-electron chi connectivity index (χ0n) is 26.3. The lowest BCUT2D eigenvalue weighted by Gasteiger charge is -2.22. The monoisotopic (exact) mass is 601 g/mol. The molecule has 7 aromatic rings. The fraction of sp³-hybridized carbons (Fsp3) is 0.0682.